The molecule has 138 valence electrons. The Labute approximate surface area is 153 Å². The van der Waals surface area contributed by atoms with Gasteiger partial charge < -0.3 is 20.1 Å². The van der Waals surface area contributed by atoms with Crippen LogP contribution in [0.15, 0.2) is 42.5 Å². The molecule has 0 saturated carbocycles. The van der Waals surface area contributed by atoms with Crippen molar-refractivity contribution in [2.75, 3.05) is 19.0 Å². The fourth-order valence-corrected chi connectivity index (χ4v) is 2.40. The van der Waals surface area contributed by atoms with Crippen LogP contribution >= 0.6 is 0 Å². The van der Waals surface area contributed by atoms with Crippen molar-refractivity contribution in [1.29, 1.82) is 0 Å². The molecule has 0 spiro atoms. The van der Waals surface area contributed by atoms with Gasteiger partial charge in [0.25, 0.3) is 5.91 Å². The molecule has 1 atom stereocenters. The van der Waals surface area contributed by atoms with Gasteiger partial charge in [0.15, 0.2) is 11.5 Å². The number of nitrogens with one attached hydrogen (secondary N) is 2. The monoisotopic (exact) mass is 356 g/mol. The Balaban J connectivity index is 2.01. The molecule has 0 aliphatic rings. The zero-order valence-corrected chi connectivity index (χ0v) is 15.5. The van der Waals surface area contributed by atoms with E-state index < -0.39 is 6.04 Å². The lowest BCUT2D eigenvalue weighted by molar-refractivity contribution is -0.117. The lowest BCUT2D eigenvalue weighted by atomic mass is 10.1. The Morgan fingerprint density at radius 2 is 1.88 bits per heavy atom. The average Bonchev–Trinajstić information content (AvgIpc) is 2.63. The van der Waals surface area contributed by atoms with Gasteiger partial charge in [-0.05, 0) is 45.0 Å². The van der Waals surface area contributed by atoms with E-state index in [4.69, 9.17) is 9.47 Å². The smallest absolute Gasteiger partial charge is 0.251 e. The molecular weight excluding hydrogens is 332 g/mol. The van der Waals surface area contributed by atoms with E-state index in [0.717, 1.165) is 5.56 Å². The lowest BCUT2D eigenvalue weighted by Crippen LogP contribution is -2.41. The van der Waals surface area contributed by atoms with Crippen LogP contribution < -0.4 is 20.1 Å². The molecule has 0 saturated heterocycles. The molecule has 6 nitrogen and oxygen atoms in total. The number of amides is 2. The Morgan fingerprint density at radius 1 is 1.12 bits per heavy atom. The van der Waals surface area contributed by atoms with Crippen molar-refractivity contribution in [1.82, 2.24) is 5.32 Å². The minimum absolute atomic E-state index is 0.291. The van der Waals surface area contributed by atoms with Crippen LogP contribution in [-0.4, -0.2) is 31.6 Å². The number of ether oxygens (including phenoxy) is 2. The highest BCUT2D eigenvalue weighted by Crippen LogP contribution is 2.30. The third kappa shape index (κ3) is 4.99. The molecule has 0 bridgehead atoms. The van der Waals surface area contributed by atoms with Gasteiger partial charge in [-0.2, -0.15) is 0 Å². The van der Waals surface area contributed by atoms with Gasteiger partial charge in [0, 0.05) is 17.3 Å². The topological polar surface area (TPSA) is 76.7 Å². The van der Waals surface area contributed by atoms with Crippen molar-refractivity contribution >= 4 is 17.5 Å². The van der Waals surface area contributed by atoms with Gasteiger partial charge in [-0.3, -0.25) is 9.59 Å². The highest BCUT2D eigenvalue weighted by molar-refractivity contribution is 6.01. The van der Waals surface area contributed by atoms with E-state index in [1.54, 1.807) is 43.3 Å². The number of anilines is 1. The van der Waals surface area contributed by atoms with Crippen LogP contribution in [0.5, 0.6) is 11.5 Å². The predicted molar refractivity (Wildman–Crippen MR) is 101 cm³/mol. The SMILES string of the molecule is CCOc1ccc(NC(=O)[C@H](C)NC(=O)c2cccc(C)c2)cc1OC. The zero-order valence-electron chi connectivity index (χ0n) is 15.5. The fourth-order valence-electron chi connectivity index (χ4n) is 2.40. The van der Waals surface area contributed by atoms with E-state index in [1.165, 1.54) is 7.11 Å². The summed E-state index contributed by atoms with van der Waals surface area (Å²) < 4.78 is 10.7. The summed E-state index contributed by atoms with van der Waals surface area (Å²) in [5.74, 6) is 0.521. The molecule has 2 amide bonds. The molecule has 0 aliphatic heterocycles. The summed E-state index contributed by atoms with van der Waals surface area (Å²) in [6, 6.07) is 11.6. The summed E-state index contributed by atoms with van der Waals surface area (Å²) in [6.07, 6.45) is 0. The summed E-state index contributed by atoms with van der Waals surface area (Å²) in [6.45, 7) is 5.94. The van der Waals surface area contributed by atoms with Crippen molar-refractivity contribution < 1.29 is 19.1 Å². The van der Waals surface area contributed by atoms with Gasteiger partial charge in [-0.15, -0.1) is 0 Å². The van der Waals surface area contributed by atoms with E-state index in [0.29, 0.717) is 29.4 Å². The number of aryl methyl sites for hydroxylation is 1. The third-order valence-electron chi connectivity index (χ3n) is 3.75. The first-order valence-electron chi connectivity index (χ1n) is 8.43. The molecule has 0 radical (unpaired) electrons. The van der Waals surface area contributed by atoms with Crippen molar-refractivity contribution in [3.05, 3.63) is 53.6 Å². The van der Waals surface area contributed by atoms with Gasteiger partial charge in [-0.1, -0.05) is 17.7 Å². The molecule has 0 aliphatic carbocycles. The minimum atomic E-state index is -0.694. The third-order valence-corrected chi connectivity index (χ3v) is 3.75. The van der Waals surface area contributed by atoms with E-state index in [2.05, 4.69) is 10.6 Å². The summed E-state index contributed by atoms with van der Waals surface area (Å²) >= 11 is 0. The van der Waals surface area contributed by atoms with E-state index in [9.17, 15) is 9.59 Å². The van der Waals surface area contributed by atoms with Crippen LogP contribution in [0.4, 0.5) is 5.69 Å². The van der Waals surface area contributed by atoms with Crippen LogP contribution in [0.1, 0.15) is 29.8 Å². The molecule has 2 N–H and O–H groups in total. The molecule has 26 heavy (non-hydrogen) atoms. The van der Waals surface area contributed by atoms with E-state index in [1.807, 2.05) is 19.9 Å². The number of methoxy groups -OCH3 is 1. The molecule has 0 unspecified atom stereocenters. The zero-order chi connectivity index (χ0) is 19.1. The Morgan fingerprint density at radius 3 is 2.54 bits per heavy atom. The Hall–Kier alpha value is -3.02. The van der Waals surface area contributed by atoms with Crippen LogP contribution in [0, 0.1) is 6.92 Å². The number of hydrogen-bond acceptors (Lipinski definition) is 4. The molecule has 2 aromatic carbocycles. The van der Waals surface area contributed by atoms with Crippen molar-refractivity contribution in [2.45, 2.75) is 26.8 Å². The minimum Gasteiger partial charge on any atom is -0.493 e. The van der Waals surface area contributed by atoms with Gasteiger partial charge in [0.2, 0.25) is 5.91 Å². The molecular formula is C20H24N2O4. The quantitative estimate of drug-likeness (QED) is 0.799. The molecule has 0 fully saturated rings. The summed E-state index contributed by atoms with van der Waals surface area (Å²) in [5, 5.41) is 5.46. The predicted octanol–water partition coefficient (Wildman–Crippen LogP) is 3.16. The Bertz CT molecular complexity index is 789. The summed E-state index contributed by atoms with van der Waals surface area (Å²) in [7, 11) is 1.54. The first-order valence-corrected chi connectivity index (χ1v) is 8.43. The average molecular weight is 356 g/mol. The lowest BCUT2D eigenvalue weighted by Gasteiger charge is -2.16. The highest BCUT2D eigenvalue weighted by Gasteiger charge is 2.17. The number of carbonyl (C=O) groups is 2. The number of benzene rings is 2. The first kappa shape index (κ1) is 19.3. The van der Waals surface area contributed by atoms with Crippen LogP contribution in [0.3, 0.4) is 0 Å². The first-order chi connectivity index (χ1) is 12.4. The standard InChI is InChI=1S/C20H24N2O4/c1-5-26-17-10-9-16(12-18(17)25-4)22-19(23)14(3)21-20(24)15-8-6-7-13(2)11-15/h6-12,14H,5H2,1-4H3,(H,21,24)(H,22,23)/t14-/m0/s1. The van der Waals surface area contributed by atoms with Gasteiger partial charge in [-0.25, -0.2) is 0 Å². The second-order valence-electron chi connectivity index (χ2n) is 5.85. The van der Waals surface area contributed by atoms with Crippen molar-refractivity contribution in [2.24, 2.45) is 0 Å². The van der Waals surface area contributed by atoms with Crippen molar-refractivity contribution in [3.8, 4) is 11.5 Å². The molecule has 2 rings (SSSR count). The number of hydrogen-bond donors (Lipinski definition) is 2. The van der Waals surface area contributed by atoms with Gasteiger partial charge >= 0.3 is 0 Å². The maximum atomic E-state index is 12.4. The van der Waals surface area contributed by atoms with E-state index in [-0.39, 0.29) is 11.8 Å². The molecule has 2 aromatic rings. The largest absolute Gasteiger partial charge is 0.493 e. The summed E-state index contributed by atoms with van der Waals surface area (Å²) in [5.41, 5.74) is 2.07. The normalized spacial score (nSPS) is 11.4. The number of rotatable bonds is 7. The fraction of sp³-hybridized carbons (Fsp3) is 0.300. The molecule has 6 heteroatoms. The van der Waals surface area contributed by atoms with Gasteiger partial charge in [0.05, 0.1) is 13.7 Å². The van der Waals surface area contributed by atoms with Crippen molar-refractivity contribution in [3.63, 3.8) is 0 Å². The van der Waals surface area contributed by atoms with Gasteiger partial charge in [0.1, 0.15) is 6.04 Å². The maximum Gasteiger partial charge on any atom is 0.251 e. The Kier molecular flexibility index (Phi) is 6.60. The molecule has 0 aromatic heterocycles. The van der Waals surface area contributed by atoms with Crippen LogP contribution in [-0.2, 0) is 4.79 Å². The summed E-state index contributed by atoms with van der Waals surface area (Å²) in [4.78, 5) is 24.6. The highest BCUT2D eigenvalue weighted by atomic mass is 16.5. The van der Waals surface area contributed by atoms with E-state index >= 15 is 0 Å². The second kappa shape index (κ2) is 8.89. The number of carbonyl (C=O) groups excluding carboxylic acids is 2. The molecule has 0 heterocycles. The van der Waals surface area contributed by atoms with Crippen LogP contribution in [0.25, 0.3) is 0 Å². The maximum absolute atomic E-state index is 12.4. The van der Waals surface area contributed by atoms with Crippen LogP contribution in [0.2, 0.25) is 0 Å². The second-order valence-corrected chi connectivity index (χ2v) is 5.85.